The number of carbonyl (C=O) groups excluding carboxylic acids is 2. The second-order valence-electron chi connectivity index (χ2n) is 3.84. The molecule has 0 spiro atoms. The van der Waals surface area contributed by atoms with Gasteiger partial charge in [0.25, 0.3) is 0 Å². The predicted molar refractivity (Wildman–Crippen MR) is 66.2 cm³/mol. The van der Waals surface area contributed by atoms with Crippen molar-refractivity contribution in [3.05, 3.63) is 35.9 Å². The zero-order valence-electron chi connectivity index (χ0n) is 10.1. The number of nitrogens with zero attached hydrogens (tertiary/aromatic N) is 1. The van der Waals surface area contributed by atoms with E-state index in [2.05, 4.69) is 0 Å². The number of hydrogen-bond donors (Lipinski definition) is 1. The van der Waals surface area contributed by atoms with Crippen LogP contribution in [0.25, 0.3) is 0 Å². The molecule has 0 bridgehead atoms. The summed E-state index contributed by atoms with van der Waals surface area (Å²) < 4.78 is 0. The first-order valence-electron chi connectivity index (χ1n) is 5.77. The molecule has 92 valence electrons. The molecular formula is C13H18N2O2. The number of likely N-dealkylation sites (N-methyl/N-ethyl adjacent to an activating group) is 1. The molecule has 0 saturated heterocycles. The molecule has 0 saturated carbocycles. The standard InChI is InChI=1S/C13H18N2O2/c1-2-15(13(17)12(14)16)10-6-9-11-7-4-3-5-8-11/h3-5,7-8H,2,6,9-10H2,1H3,(H2,14,16). The third-order valence-electron chi connectivity index (χ3n) is 2.62. The van der Waals surface area contributed by atoms with Gasteiger partial charge in [0.15, 0.2) is 0 Å². The van der Waals surface area contributed by atoms with Crippen LogP contribution in [-0.4, -0.2) is 29.8 Å². The number of primary amides is 1. The minimum absolute atomic E-state index is 0.510. The van der Waals surface area contributed by atoms with E-state index in [9.17, 15) is 9.59 Å². The van der Waals surface area contributed by atoms with Crippen LogP contribution in [0.3, 0.4) is 0 Å². The van der Waals surface area contributed by atoms with Crippen LogP contribution in [-0.2, 0) is 16.0 Å². The molecule has 4 nitrogen and oxygen atoms in total. The number of rotatable bonds is 5. The van der Waals surface area contributed by atoms with E-state index >= 15 is 0 Å². The Morgan fingerprint density at radius 3 is 2.41 bits per heavy atom. The van der Waals surface area contributed by atoms with Crippen molar-refractivity contribution in [1.82, 2.24) is 4.90 Å². The zero-order chi connectivity index (χ0) is 12.7. The fourth-order valence-electron chi connectivity index (χ4n) is 1.68. The Hall–Kier alpha value is -1.84. The molecule has 0 aliphatic heterocycles. The molecule has 0 atom stereocenters. The Morgan fingerprint density at radius 1 is 1.24 bits per heavy atom. The first-order valence-corrected chi connectivity index (χ1v) is 5.77. The van der Waals surface area contributed by atoms with Gasteiger partial charge in [-0.2, -0.15) is 0 Å². The Kier molecular flexibility index (Phi) is 5.20. The number of carbonyl (C=O) groups is 2. The van der Waals surface area contributed by atoms with Gasteiger partial charge >= 0.3 is 11.8 Å². The third kappa shape index (κ3) is 4.26. The lowest BCUT2D eigenvalue weighted by atomic mass is 10.1. The van der Waals surface area contributed by atoms with Crippen molar-refractivity contribution in [1.29, 1.82) is 0 Å². The highest BCUT2D eigenvalue weighted by Crippen LogP contribution is 2.03. The summed E-state index contributed by atoms with van der Waals surface area (Å²) in [4.78, 5) is 23.6. The van der Waals surface area contributed by atoms with Crippen LogP contribution < -0.4 is 5.73 Å². The van der Waals surface area contributed by atoms with E-state index in [1.165, 1.54) is 10.5 Å². The van der Waals surface area contributed by atoms with Gasteiger partial charge in [-0.3, -0.25) is 9.59 Å². The second-order valence-corrected chi connectivity index (χ2v) is 3.84. The van der Waals surface area contributed by atoms with Gasteiger partial charge in [0.1, 0.15) is 0 Å². The topological polar surface area (TPSA) is 63.4 Å². The lowest BCUT2D eigenvalue weighted by Crippen LogP contribution is -2.40. The first-order chi connectivity index (χ1) is 8.15. The van der Waals surface area contributed by atoms with Crippen molar-refractivity contribution in [3.8, 4) is 0 Å². The van der Waals surface area contributed by atoms with Crippen molar-refractivity contribution in [2.24, 2.45) is 5.73 Å². The Labute approximate surface area is 101 Å². The van der Waals surface area contributed by atoms with Crippen LogP contribution in [0.4, 0.5) is 0 Å². The Balaban J connectivity index is 2.39. The molecule has 0 unspecified atom stereocenters. The van der Waals surface area contributed by atoms with Gasteiger partial charge in [0.05, 0.1) is 0 Å². The lowest BCUT2D eigenvalue weighted by molar-refractivity contribution is -0.144. The van der Waals surface area contributed by atoms with Gasteiger partial charge in [0, 0.05) is 13.1 Å². The van der Waals surface area contributed by atoms with E-state index < -0.39 is 11.8 Å². The molecule has 2 N–H and O–H groups in total. The van der Waals surface area contributed by atoms with Gasteiger partial charge in [-0.1, -0.05) is 30.3 Å². The van der Waals surface area contributed by atoms with Crippen LogP contribution in [0.5, 0.6) is 0 Å². The van der Waals surface area contributed by atoms with Crippen molar-refractivity contribution in [2.45, 2.75) is 19.8 Å². The van der Waals surface area contributed by atoms with Gasteiger partial charge < -0.3 is 10.6 Å². The van der Waals surface area contributed by atoms with E-state index in [0.29, 0.717) is 13.1 Å². The van der Waals surface area contributed by atoms with E-state index in [4.69, 9.17) is 5.73 Å². The number of amides is 2. The normalized spacial score (nSPS) is 9.94. The predicted octanol–water partition coefficient (Wildman–Crippen LogP) is 0.953. The van der Waals surface area contributed by atoms with Crippen molar-refractivity contribution in [3.63, 3.8) is 0 Å². The third-order valence-corrected chi connectivity index (χ3v) is 2.62. The Bertz CT molecular complexity index is 376. The van der Waals surface area contributed by atoms with Crippen LogP contribution >= 0.6 is 0 Å². The summed E-state index contributed by atoms with van der Waals surface area (Å²) >= 11 is 0. The SMILES string of the molecule is CCN(CCCc1ccccc1)C(=O)C(N)=O. The molecule has 17 heavy (non-hydrogen) atoms. The molecule has 1 aromatic carbocycles. The van der Waals surface area contributed by atoms with Gasteiger partial charge in [0.2, 0.25) is 0 Å². The maximum atomic E-state index is 11.4. The lowest BCUT2D eigenvalue weighted by Gasteiger charge is -2.18. The number of benzene rings is 1. The summed E-state index contributed by atoms with van der Waals surface area (Å²) in [6.07, 6.45) is 1.72. The quantitative estimate of drug-likeness (QED) is 0.771. The average Bonchev–Trinajstić information content (AvgIpc) is 2.35. The van der Waals surface area contributed by atoms with Gasteiger partial charge in [-0.15, -0.1) is 0 Å². The molecule has 2 amide bonds. The fourth-order valence-corrected chi connectivity index (χ4v) is 1.68. The van der Waals surface area contributed by atoms with Crippen molar-refractivity contribution < 1.29 is 9.59 Å². The average molecular weight is 234 g/mol. The Morgan fingerprint density at radius 2 is 1.88 bits per heavy atom. The minimum atomic E-state index is -0.883. The highest BCUT2D eigenvalue weighted by Gasteiger charge is 2.16. The van der Waals surface area contributed by atoms with E-state index in [1.54, 1.807) is 0 Å². The van der Waals surface area contributed by atoms with E-state index in [1.807, 2.05) is 37.3 Å². The molecular weight excluding hydrogens is 216 g/mol. The van der Waals surface area contributed by atoms with Gasteiger partial charge in [-0.05, 0) is 25.3 Å². The van der Waals surface area contributed by atoms with Crippen LogP contribution in [0.15, 0.2) is 30.3 Å². The minimum Gasteiger partial charge on any atom is -0.361 e. The summed E-state index contributed by atoms with van der Waals surface area (Å²) in [5, 5.41) is 0. The van der Waals surface area contributed by atoms with Crippen LogP contribution in [0.1, 0.15) is 18.9 Å². The fraction of sp³-hybridized carbons (Fsp3) is 0.385. The number of hydrogen-bond acceptors (Lipinski definition) is 2. The maximum absolute atomic E-state index is 11.4. The highest BCUT2D eigenvalue weighted by atomic mass is 16.2. The zero-order valence-corrected chi connectivity index (χ0v) is 10.1. The largest absolute Gasteiger partial charge is 0.361 e. The smallest absolute Gasteiger partial charge is 0.311 e. The molecule has 0 aliphatic rings. The molecule has 0 aliphatic carbocycles. The second kappa shape index (κ2) is 6.68. The summed E-state index contributed by atoms with van der Waals surface area (Å²) in [5.41, 5.74) is 6.20. The molecule has 0 radical (unpaired) electrons. The van der Waals surface area contributed by atoms with Crippen molar-refractivity contribution in [2.75, 3.05) is 13.1 Å². The summed E-state index contributed by atoms with van der Waals surface area (Å²) in [6.45, 7) is 2.91. The van der Waals surface area contributed by atoms with Gasteiger partial charge in [-0.25, -0.2) is 0 Å². The molecule has 1 aromatic rings. The monoisotopic (exact) mass is 234 g/mol. The van der Waals surface area contributed by atoms with Crippen LogP contribution in [0, 0.1) is 0 Å². The molecule has 0 aromatic heterocycles. The van der Waals surface area contributed by atoms with Crippen molar-refractivity contribution >= 4 is 11.8 Å². The number of nitrogens with two attached hydrogens (primary N) is 1. The maximum Gasteiger partial charge on any atom is 0.311 e. The summed E-state index contributed by atoms with van der Waals surface area (Å²) in [6, 6.07) is 10.0. The van der Waals surface area contributed by atoms with E-state index in [-0.39, 0.29) is 0 Å². The van der Waals surface area contributed by atoms with E-state index in [0.717, 1.165) is 12.8 Å². The molecule has 0 heterocycles. The van der Waals surface area contributed by atoms with Crippen LogP contribution in [0.2, 0.25) is 0 Å². The number of aryl methyl sites for hydroxylation is 1. The first kappa shape index (κ1) is 13.2. The molecule has 0 fully saturated rings. The summed E-state index contributed by atoms with van der Waals surface area (Å²) in [7, 11) is 0. The highest BCUT2D eigenvalue weighted by molar-refractivity contribution is 6.34. The molecule has 1 rings (SSSR count). The molecule has 4 heteroatoms. The summed E-state index contributed by atoms with van der Waals surface area (Å²) in [5.74, 6) is -1.48.